The van der Waals surface area contributed by atoms with Crippen LogP contribution in [0.3, 0.4) is 0 Å². The third kappa shape index (κ3) is 4.35. The average Bonchev–Trinajstić information content (AvgIpc) is 2.58. The first kappa shape index (κ1) is 18.2. The van der Waals surface area contributed by atoms with Gasteiger partial charge >= 0.3 is 6.18 Å². The maximum absolute atomic E-state index is 12.6. The van der Waals surface area contributed by atoms with Crippen molar-refractivity contribution in [3.8, 4) is 0 Å². The van der Waals surface area contributed by atoms with E-state index >= 15 is 0 Å². The van der Waals surface area contributed by atoms with Crippen LogP contribution in [0.25, 0.3) is 0 Å². The molecular formula is C19H25F3N2O. The molecule has 6 heteroatoms. The summed E-state index contributed by atoms with van der Waals surface area (Å²) in [4.78, 5) is 16.3. The van der Waals surface area contributed by atoms with Crippen molar-refractivity contribution < 1.29 is 18.0 Å². The summed E-state index contributed by atoms with van der Waals surface area (Å²) in [5, 5.41) is 0. The standard InChI is InChI=1S/C19H25F3N2O/c1-23-14-18(7-10-24(11-8-18)12-9-19(20,21)22)13-16(17(23)25)15-5-3-2-4-6-15/h2-6,16H,7-14H2,1H3/t16-/m0/s1. The molecule has 2 heterocycles. The largest absolute Gasteiger partial charge is 0.390 e. The van der Waals surface area contributed by atoms with E-state index in [0.29, 0.717) is 19.6 Å². The van der Waals surface area contributed by atoms with Crippen molar-refractivity contribution in [2.75, 3.05) is 33.2 Å². The molecule has 0 aliphatic carbocycles. The van der Waals surface area contributed by atoms with Crippen LogP contribution in [0.2, 0.25) is 0 Å². The zero-order valence-electron chi connectivity index (χ0n) is 14.6. The molecule has 0 unspecified atom stereocenters. The molecule has 0 radical (unpaired) electrons. The van der Waals surface area contributed by atoms with Crippen molar-refractivity contribution >= 4 is 5.91 Å². The Balaban J connectivity index is 1.65. The molecule has 2 saturated heterocycles. The van der Waals surface area contributed by atoms with Crippen LogP contribution in [0.4, 0.5) is 13.2 Å². The van der Waals surface area contributed by atoms with E-state index in [1.165, 1.54) is 0 Å². The van der Waals surface area contributed by atoms with Crippen LogP contribution in [-0.4, -0.2) is 55.1 Å². The molecule has 1 aromatic rings. The highest BCUT2D eigenvalue weighted by molar-refractivity contribution is 5.84. The van der Waals surface area contributed by atoms with E-state index in [1.54, 1.807) is 0 Å². The number of likely N-dealkylation sites (tertiary alicyclic amines) is 2. The number of carbonyl (C=O) groups excluding carboxylic acids is 1. The molecule has 1 amide bonds. The first-order valence-corrected chi connectivity index (χ1v) is 8.87. The lowest BCUT2D eigenvalue weighted by Crippen LogP contribution is -2.53. The molecule has 1 atom stereocenters. The van der Waals surface area contributed by atoms with E-state index in [2.05, 4.69) is 0 Å². The maximum atomic E-state index is 12.6. The zero-order valence-corrected chi connectivity index (χ0v) is 14.6. The van der Waals surface area contributed by atoms with Crippen LogP contribution in [0.5, 0.6) is 0 Å². The van der Waals surface area contributed by atoms with Crippen molar-refractivity contribution in [3.63, 3.8) is 0 Å². The third-order valence-corrected chi connectivity index (χ3v) is 5.71. The quantitative estimate of drug-likeness (QED) is 0.827. The number of rotatable bonds is 3. The highest BCUT2D eigenvalue weighted by atomic mass is 19.4. The Kier molecular flexibility index (Phi) is 5.09. The summed E-state index contributed by atoms with van der Waals surface area (Å²) >= 11 is 0. The van der Waals surface area contributed by atoms with Gasteiger partial charge in [-0.1, -0.05) is 30.3 Å². The van der Waals surface area contributed by atoms with Gasteiger partial charge in [0.05, 0.1) is 12.3 Å². The Morgan fingerprint density at radius 2 is 1.80 bits per heavy atom. The minimum absolute atomic E-state index is 0.0257. The van der Waals surface area contributed by atoms with Crippen LogP contribution in [0.1, 0.15) is 37.2 Å². The molecule has 1 spiro atoms. The molecule has 2 aliphatic heterocycles. The first-order valence-electron chi connectivity index (χ1n) is 8.87. The summed E-state index contributed by atoms with van der Waals surface area (Å²) in [5.74, 6) is 0.0120. The molecule has 0 bridgehead atoms. The van der Waals surface area contributed by atoms with Crippen LogP contribution in [-0.2, 0) is 4.79 Å². The Morgan fingerprint density at radius 1 is 1.16 bits per heavy atom. The summed E-state index contributed by atoms with van der Waals surface area (Å²) in [6.07, 6.45) is -2.33. The molecule has 0 aromatic heterocycles. The minimum Gasteiger partial charge on any atom is -0.345 e. The Morgan fingerprint density at radius 3 is 2.40 bits per heavy atom. The fraction of sp³-hybridized carbons (Fsp3) is 0.632. The van der Waals surface area contributed by atoms with E-state index in [1.807, 2.05) is 47.2 Å². The second-order valence-electron chi connectivity index (χ2n) is 7.57. The Labute approximate surface area is 146 Å². The lowest BCUT2D eigenvalue weighted by molar-refractivity contribution is -0.143. The lowest BCUT2D eigenvalue weighted by atomic mass is 9.67. The van der Waals surface area contributed by atoms with Crippen molar-refractivity contribution in [2.24, 2.45) is 5.41 Å². The van der Waals surface area contributed by atoms with E-state index < -0.39 is 12.6 Å². The van der Waals surface area contributed by atoms with E-state index in [-0.39, 0.29) is 23.8 Å². The fourth-order valence-corrected chi connectivity index (χ4v) is 4.28. The number of carbonyl (C=O) groups is 1. The predicted molar refractivity (Wildman–Crippen MR) is 90.2 cm³/mol. The van der Waals surface area contributed by atoms with Gasteiger partial charge in [-0.05, 0) is 43.3 Å². The molecule has 0 N–H and O–H groups in total. The van der Waals surface area contributed by atoms with Gasteiger partial charge in [-0.15, -0.1) is 0 Å². The lowest BCUT2D eigenvalue weighted by Gasteiger charge is -2.49. The fourth-order valence-electron chi connectivity index (χ4n) is 4.28. The summed E-state index contributed by atoms with van der Waals surface area (Å²) < 4.78 is 37.3. The van der Waals surface area contributed by atoms with Gasteiger partial charge in [0.2, 0.25) is 5.91 Å². The Bertz CT molecular complexity index is 594. The highest BCUT2D eigenvalue weighted by Gasteiger charge is 2.45. The molecule has 1 aromatic carbocycles. The zero-order chi connectivity index (χ0) is 18.1. The predicted octanol–water partition coefficient (Wildman–Crippen LogP) is 3.67. The second kappa shape index (κ2) is 6.98. The minimum atomic E-state index is -4.09. The van der Waals surface area contributed by atoms with Gasteiger partial charge in [0.1, 0.15) is 0 Å². The summed E-state index contributed by atoms with van der Waals surface area (Å²) in [5.41, 5.74) is 1.07. The van der Waals surface area contributed by atoms with Gasteiger partial charge in [-0.3, -0.25) is 4.79 Å². The smallest absolute Gasteiger partial charge is 0.345 e. The van der Waals surface area contributed by atoms with Gasteiger partial charge < -0.3 is 9.80 Å². The molecular weight excluding hydrogens is 329 g/mol. The normalized spacial score (nSPS) is 24.7. The van der Waals surface area contributed by atoms with E-state index in [4.69, 9.17) is 0 Å². The number of piperidine rings is 2. The summed E-state index contributed by atoms with van der Waals surface area (Å²) in [6.45, 7) is 2.15. The average molecular weight is 354 g/mol. The number of nitrogens with zero attached hydrogens (tertiary/aromatic N) is 2. The SMILES string of the molecule is CN1CC2(CCN(CCC(F)(F)F)CC2)C[C@@H](c2ccccc2)C1=O. The molecule has 25 heavy (non-hydrogen) atoms. The van der Waals surface area contributed by atoms with Crippen LogP contribution < -0.4 is 0 Å². The van der Waals surface area contributed by atoms with Crippen LogP contribution >= 0.6 is 0 Å². The number of hydrogen-bond donors (Lipinski definition) is 0. The van der Waals surface area contributed by atoms with E-state index in [0.717, 1.165) is 24.8 Å². The van der Waals surface area contributed by atoms with Crippen molar-refractivity contribution in [1.29, 1.82) is 0 Å². The van der Waals surface area contributed by atoms with Crippen LogP contribution in [0, 0.1) is 5.41 Å². The summed E-state index contributed by atoms with van der Waals surface area (Å²) in [6, 6.07) is 9.82. The molecule has 3 nitrogen and oxygen atoms in total. The van der Waals surface area contributed by atoms with Gasteiger partial charge in [-0.2, -0.15) is 13.2 Å². The number of amides is 1. The van der Waals surface area contributed by atoms with Gasteiger partial charge in [0, 0.05) is 20.1 Å². The number of benzene rings is 1. The highest BCUT2D eigenvalue weighted by Crippen LogP contribution is 2.45. The molecule has 2 aliphatic rings. The van der Waals surface area contributed by atoms with Gasteiger partial charge in [0.15, 0.2) is 0 Å². The number of alkyl halides is 3. The molecule has 3 rings (SSSR count). The van der Waals surface area contributed by atoms with Crippen LogP contribution in [0.15, 0.2) is 30.3 Å². The topological polar surface area (TPSA) is 23.6 Å². The molecule has 138 valence electrons. The maximum Gasteiger partial charge on any atom is 0.390 e. The number of hydrogen-bond acceptors (Lipinski definition) is 2. The molecule has 0 saturated carbocycles. The van der Waals surface area contributed by atoms with Crippen molar-refractivity contribution in [3.05, 3.63) is 35.9 Å². The van der Waals surface area contributed by atoms with Gasteiger partial charge in [-0.25, -0.2) is 0 Å². The second-order valence-corrected chi connectivity index (χ2v) is 7.57. The van der Waals surface area contributed by atoms with Crippen molar-refractivity contribution in [1.82, 2.24) is 9.80 Å². The Hall–Kier alpha value is -1.56. The van der Waals surface area contributed by atoms with E-state index in [9.17, 15) is 18.0 Å². The monoisotopic (exact) mass is 354 g/mol. The number of likely N-dealkylation sites (N-methyl/N-ethyl adjacent to an activating group) is 1. The van der Waals surface area contributed by atoms with Gasteiger partial charge in [0.25, 0.3) is 0 Å². The molecule has 2 fully saturated rings. The first-order chi connectivity index (χ1) is 11.8. The summed E-state index contributed by atoms with van der Waals surface area (Å²) in [7, 11) is 1.84. The van der Waals surface area contributed by atoms with Crippen molar-refractivity contribution in [2.45, 2.75) is 37.8 Å². The number of halogens is 3. The third-order valence-electron chi connectivity index (χ3n) is 5.71.